The maximum atomic E-state index is 13.3. The molecule has 0 saturated heterocycles. The summed E-state index contributed by atoms with van der Waals surface area (Å²) in [6, 6.07) is 6.71. The second-order valence-electron chi connectivity index (χ2n) is 6.45. The van der Waals surface area contributed by atoms with Gasteiger partial charge in [0.15, 0.2) is 6.61 Å². The topological polar surface area (TPSA) is 112 Å². The molecule has 0 unspecified atom stereocenters. The Hall–Kier alpha value is -3.75. The number of fused-ring (bicyclic) bond motifs is 1. The Balaban J connectivity index is 1.58. The third-order valence-electron chi connectivity index (χ3n) is 4.47. The number of amides is 1. The Kier molecular flexibility index (Phi) is 5.58. The van der Waals surface area contributed by atoms with Crippen molar-refractivity contribution < 1.29 is 28.1 Å². The Morgan fingerprint density at radius 3 is 2.72 bits per heavy atom. The summed E-state index contributed by atoms with van der Waals surface area (Å²) in [6.45, 7) is 3.30. The van der Waals surface area contributed by atoms with E-state index >= 15 is 0 Å². The molecule has 1 N–H and O–H groups in total. The SMILES string of the molecule is Cc1ccc2c(CC(=O)OCC(=O)Nc3ccc(F)c([N+](=O)[O-])c3)coc2c1C. The largest absolute Gasteiger partial charge is 0.464 e. The van der Waals surface area contributed by atoms with Gasteiger partial charge in [0, 0.05) is 22.7 Å². The summed E-state index contributed by atoms with van der Waals surface area (Å²) in [6.07, 6.45) is 1.40. The van der Waals surface area contributed by atoms with Gasteiger partial charge in [-0.2, -0.15) is 4.39 Å². The van der Waals surface area contributed by atoms with Crippen LogP contribution in [0.15, 0.2) is 41.0 Å². The van der Waals surface area contributed by atoms with Gasteiger partial charge in [0.1, 0.15) is 5.58 Å². The Bertz CT molecular complexity index is 1120. The summed E-state index contributed by atoms with van der Waals surface area (Å²) in [5.74, 6) is -2.36. The van der Waals surface area contributed by atoms with Crippen molar-refractivity contribution in [3.8, 4) is 0 Å². The summed E-state index contributed by atoms with van der Waals surface area (Å²) in [5.41, 5.74) is 2.64. The smallest absolute Gasteiger partial charge is 0.310 e. The highest BCUT2D eigenvalue weighted by atomic mass is 19.1. The van der Waals surface area contributed by atoms with Crippen LogP contribution in [0.25, 0.3) is 11.0 Å². The number of anilines is 1. The second kappa shape index (κ2) is 8.09. The highest BCUT2D eigenvalue weighted by molar-refractivity contribution is 5.93. The number of hydrogen-bond donors (Lipinski definition) is 1. The van der Waals surface area contributed by atoms with Crippen LogP contribution in [-0.2, 0) is 20.7 Å². The Labute approximate surface area is 164 Å². The van der Waals surface area contributed by atoms with Crippen LogP contribution in [0.4, 0.5) is 15.8 Å². The minimum atomic E-state index is -1.02. The van der Waals surface area contributed by atoms with E-state index in [4.69, 9.17) is 9.15 Å². The summed E-state index contributed by atoms with van der Waals surface area (Å²) in [7, 11) is 0. The molecule has 3 aromatic rings. The Morgan fingerprint density at radius 1 is 1.24 bits per heavy atom. The zero-order valence-corrected chi connectivity index (χ0v) is 15.7. The highest BCUT2D eigenvalue weighted by Gasteiger charge is 2.17. The molecule has 8 nitrogen and oxygen atoms in total. The number of ether oxygens (including phenoxy) is 1. The quantitative estimate of drug-likeness (QED) is 0.382. The lowest BCUT2D eigenvalue weighted by Crippen LogP contribution is -2.21. The van der Waals surface area contributed by atoms with Gasteiger partial charge in [0.25, 0.3) is 5.91 Å². The molecule has 150 valence electrons. The van der Waals surface area contributed by atoms with Gasteiger partial charge in [-0.3, -0.25) is 19.7 Å². The average molecular weight is 400 g/mol. The summed E-state index contributed by atoms with van der Waals surface area (Å²) >= 11 is 0. The van der Waals surface area contributed by atoms with Gasteiger partial charge < -0.3 is 14.5 Å². The molecular formula is C20H17FN2O6. The molecule has 9 heteroatoms. The third kappa shape index (κ3) is 4.40. The van der Waals surface area contributed by atoms with Crippen molar-refractivity contribution in [1.82, 2.24) is 0 Å². The average Bonchev–Trinajstić information content (AvgIpc) is 3.07. The van der Waals surface area contributed by atoms with Crippen molar-refractivity contribution in [2.75, 3.05) is 11.9 Å². The monoisotopic (exact) mass is 400 g/mol. The van der Waals surface area contributed by atoms with Gasteiger partial charge >= 0.3 is 11.7 Å². The number of nitrogens with one attached hydrogen (secondary N) is 1. The lowest BCUT2D eigenvalue weighted by Gasteiger charge is -2.07. The van der Waals surface area contributed by atoms with Crippen LogP contribution in [0.3, 0.4) is 0 Å². The third-order valence-corrected chi connectivity index (χ3v) is 4.47. The number of nitro benzene ring substituents is 1. The fourth-order valence-corrected chi connectivity index (χ4v) is 2.81. The number of hydrogen-bond acceptors (Lipinski definition) is 6. The first-order valence-electron chi connectivity index (χ1n) is 8.62. The van der Waals surface area contributed by atoms with Gasteiger partial charge in [-0.1, -0.05) is 12.1 Å². The van der Waals surface area contributed by atoms with E-state index in [1.54, 1.807) is 0 Å². The fraction of sp³-hybridized carbons (Fsp3) is 0.200. The maximum Gasteiger partial charge on any atom is 0.310 e. The van der Waals surface area contributed by atoms with E-state index in [1.807, 2.05) is 26.0 Å². The molecule has 1 aromatic heterocycles. The number of aryl methyl sites for hydroxylation is 2. The first-order valence-corrected chi connectivity index (χ1v) is 8.62. The Morgan fingerprint density at radius 2 is 2.00 bits per heavy atom. The molecule has 1 heterocycles. The standard InChI is InChI=1S/C20H17FN2O6/c1-11-3-5-15-13(9-29-20(15)12(11)2)7-19(25)28-10-18(24)22-14-4-6-16(21)17(8-14)23(26)27/h3-6,8-9H,7,10H2,1-2H3,(H,22,24). The number of furan rings is 1. The van der Waals surface area contributed by atoms with Crippen molar-refractivity contribution >= 4 is 34.2 Å². The maximum absolute atomic E-state index is 13.3. The van der Waals surface area contributed by atoms with Crippen molar-refractivity contribution in [2.24, 2.45) is 0 Å². The van der Waals surface area contributed by atoms with E-state index in [9.17, 15) is 24.1 Å². The lowest BCUT2D eigenvalue weighted by molar-refractivity contribution is -0.387. The molecule has 0 bridgehead atoms. The van der Waals surface area contributed by atoms with Gasteiger partial charge in [-0.15, -0.1) is 0 Å². The normalized spacial score (nSPS) is 10.7. The molecule has 0 radical (unpaired) electrons. The van der Waals surface area contributed by atoms with Gasteiger partial charge in [-0.25, -0.2) is 0 Å². The predicted molar refractivity (Wildman–Crippen MR) is 102 cm³/mol. The molecule has 3 rings (SSSR count). The van der Waals surface area contributed by atoms with Crippen molar-refractivity contribution in [1.29, 1.82) is 0 Å². The molecule has 0 aliphatic rings. The first kappa shape index (κ1) is 20.0. The van der Waals surface area contributed by atoms with E-state index in [1.165, 1.54) is 12.3 Å². The number of carbonyl (C=O) groups is 2. The zero-order chi connectivity index (χ0) is 21.1. The summed E-state index contributed by atoms with van der Waals surface area (Å²) in [4.78, 5) is 33.8. The number of esters is 1. The highest BCUT2D eigenvalue weighted by Crippen LogP contribution is 2.27. The summed E-state index contributed by atoms with van der Waals surface area (Å²) in [5, 5.41) is 13.9. The van der Waals surface area contributed by atoms with E-state index in [2.05, 4.69) is 5.32 Å². The van der Waals surface area contributed by atoms with Gasteiger partial charge in [0.05, 0.1) is 17.6 Å². The van der Waals surface area contributed by atoms with Crippen LogP contribution >= 0.6 is 0 Å². The zero-order valence-electron chi connectivity index (χ0n) is 15.7. The van der Waals surface area contributed by atoms with E-state index in [0.717, 1.165) is 28.6 Å². The van der Waals surface area contributed by atoms with Crippen LogP contribution < -0.4 is 5.32 Å². The molecule has 29 heavy (non-hydrogen) atoms. The van der Waals surface area contributed by atoms with Crippen molar-refractivity contribution in [3.05, 3.63) is 69.2 Å². The van der Waals surface area contributed by atoms with Crippen LogP contribution in [-0.4, -0.2) is 23.4 Å². The fourth-order valence-electron chi connectivity index (χ4n) is 2.81. The first-order chi connectivity index (χ1) is 13.8. The molecule has 0 spiro atoms. The van der Waals surface area contributed by atoms with E-state index in [-0.39, 0.29) is 12.1 Å². The number of carbonyl (C=O) groups excluding carboxylic acids is 2. The van der Waals surface area contributed by atoms with Crippen LogP contribution in [0.5, 0.6) is 0 Å². The molecule has 0 aliphatic carbocycles. The minimum Gasteiger partial charge on any atom is -0.464 e. The molecule has 1 amide bonds. The number of nitrogens with zero attached hydrogens (tertiary/aromatic N) is 1. The number of nitro groups is 1. The minimum absolute atomic E-state index is 0.0193. The van der Waals surface area contributed by atoms with Gasteiger partial charge in [-0.05, 0) is 37.1 Å². The van der Waals surface area contributed by atoms with Crippen LogP contribution in [0, 0.1) is 29.8 Å². The molecule has 0 fully saturated rings. The van der Waals surface area contributed by atoms with Crippen molar-refractivity contribution in [2.45, 2.75) is 20.3 Å². The molecule has 0 atom stereocenters. The van der Waals surface area contributed by atoms with Crippen molar-refractivity contribution in [3.63, 3.8) is 0 Å². The number of halogens is 1. The molecular weight excluding hydrogens is 383 g/mol. The molecule has 2 aromatic carbocycles. The van der Waals surface area contributed by atoms with Crippen LogP contribution in [0.2, 0.25) is 0 Å². The van der Waals surface area contributed by atoms with E-state index < -0.39 is 34.9 Å². The van der Waals surface area contributed by atoms with Gasteiger partial charge in [0.2, 0.25) is 5.82 Å². The second-order valence-corrected chi connectivity index (χ2v) is 6.45. The van der Waals surface area contributed by atoms with E-state index in [0.29, 0.717) is 11.1 Å². The lowest BCUT2D eigenvalue weighted by atomic mass is 10.0. The molecule has 0 saturated carbocycles. The number of rotatable bonds is 6. The number of benzene rings is 2. The summed E-state index contributed by atoms with van der Waals surface area (Å²) < 4.78 is 23.8. The van der Waals surface area contributed by atoms with Crippen LogP contribution in [0.1, 0.15) is 16.7 Å². The predicted octanol–water partition coefficient (Wildman–Crippen LogP) is 3.82. The molecule has 0 aliphatic heterocycles.